The van der Waals surface area contributed by atoms with Crippen LogP contribution in [0, 0.1) is 5.92 Å². The van der Waals surface area contributed by atoms with E-state index in [4.69, 9.17) is 4.74 Å². The highest BCUT2D eigenvalue weighted by Gasteiger charge is 2.21. The molecule has 0 unspecified atom stereocenters. The number of aromatic nitrogens is 4. The largest absolute Gasteiger partial charge is 0.497 e. The van der Waals surface area contributed by atoms with Crippen molar-refractivity contribution < 1.29 is 9.53 Å². The van der Waals surface area contributed by atoms with Crippen LogP contribution in [0.1, 0.15) is 38.6 Å². The Morgan fingerprint density at radius 1 is 1.13 bits per heavy atom. The lowest BCUT2D eigenvalue weighted by molar-refractivity contribution is -0.122. The number of carbonyl (C=O) groups excluding carboxylic acids is 1. The van der Waals surface area contributed by atoms with E-state index in [2.05, 4.69) is 33.9 Å². The van der Waals surface area contributed by atoms with Gasteiger partial charge in [0.2, 0.25) is 5.91 Å². The van der Waals surface area contributed by atoms with Crippen molar-refractivity contribution in [2.75, 3.05) is 7.11 Å². The molecule has 0 aliphatic rings. The van der Waals surface area contributed by atoms with Crippen molar-refractivity contribution in [1.29, 1.82) is 0 Å². The smallest absolute Gasteiger partial charge is 0.222 e. The zero-order valence-electron chi connectivity index (χ0n) is 17.6. The molecule has 0 aliphatic carbocycles. The standard InChI is InChI=1S/C23H27N5O2/c1-16(2)14-19(23-26-25-21-6-4-5-11-28(21)23)24-22(29)10-13-27-12-9-17-15-18(30-3)7-8-20(17)27/h4-9,11-12,15-16,19H,10,13-14H2,1-3H3,(H,24,29)/t19-/m0/s1. The zero-order valence-corrected chi connectivity index (χ0v) is 17.6. The minimum absolute atomic E-state index is 0.00342. The number of fused-ring (bicyclic) bond motifs is 2. The van der Waals surface area contributed by atoms with Crippen LogP contribution in [0.25, 0.3) is 16.6 Å². The third-order valence-electron chi connectivity index (χ3n) is 5.25. The number of pyridine rings is 1. The maximum absolute atomic E-state index is 12.8. The van der Waals surface area contributed by atoms with Crippen LogP contribution in [0.3, 0.4) is 0 Å². The highest BCUT2D eigenvalue weighted by atomic mass is 16.5. The Morgan fingerprint density at radius 3 is 2.80 bits per heavy atom. The first-order valence-electron chi connectivity index (χ1n) is 10.3. The molecular weight excluding hydrogens is 378 g/mol. The number of carbonyl (C=O) groups is 1. The Morgan fingerprint density at radius 2 is 2.00 bits per heavy atom. The van der Waals surface area contributed by atoms with Crippen LogP contribution >= 0.6 is 0 Å². The van der Waals surface area contributed by atoms with Gasteiger partial charge in [0, 0.05) is 36.3 Å². The summed E-state index contributed by atoms with van der Waals surface area (Å²) in [5.74, 6) is 2.01. The third kappa shape index (κ3) is 4.15. The second-order valence-electron chi connectivity index (χ2n) is 7.92. The average molecular weight is 406 g/mol. The molecule has 1 N–H and O–H groups in total. The summed E-state index contributed by atoms with van der Waals surface area (Å²) in [7, 11) is 1.66. The Kier molecular flexibility index (Phi) is 5.70. The molecule has 0 saturated heterocycles. The van der Waals surface area contributed by atoms with Crippen LogP contribution < -0.4 is 10.1 Å². The van der Waals surface area contributed by atoms with Gasteiger partial charge in [-0.05, 0) is 48.7 Å². The first-order valence-corrected chi connectivity index (χ1v) is 10.3. The lowest BCUT2D eigenvalue weighted by Gasteiger charge is -2.19. The van der Waals surface area contributed by atoms with E-state index in [1.54, 1.807) is 7.11 Å². The van der Waals surface area contributed by atoms with E-state index in [9.17, 15) is 4.79 Å². The van der Waals surface area contributed by atoms with Gasteiger partial charge >= 0.3 is 0 Å². The molecule has 4 aromatic rings. The second kappa shape index (κ2) is 8.57. The SMILES string of the molecule is COc1ccc2c(ccn2CCC(=O)N[C@@H](CC(C)C)c2nnc3ccccn23)c1. The summed E-state index contributed by atoms with van der Waals surface area (Å²) in [5, 5.41) is 12.9. The van der Waals surface area contributed by atoms with E-state index in [0.717, 1.165) is 34.5 Å². The highest BCUT2D eigenvalue weighted by molar-refractivity contribution is 5.82. The number of methoxy groups -OCH3 is 1. The van der Waals surface area contributed by atoms with Crippen LogP contribution in [0.2, 0.25) is 0 Å². The van der Waals surface area contributed by atoms with Gasteiger partial charge < -0.3 is 14.6 Å². The fourth-order valence-electron chi connectivity index (χ4n) is 3.79. The molecule has 30 heavy (non-hydrogen) atoms. The number of ether oxygens (including phenoxy) is 1. The number of amides is 1. The topological polar surface area (TPSA) is 73.4 Å². The van der Waals surface area contributed by atoms with Gasteiger partial charge in [-0.2, -0.15) is 0 Å². The predicted molar refractivity (Wildman–Crippen MR) is 116 cm³/mol. The van der Waals surface area contributed by atoms with E-state index >= 15 is 0 Å². The fraction of sp³-hybridized carbons (Fsp3) is 0.348. The van der Waals surface area contributed by atoms with E-state index in [1.165, 1.54) is 0 Å². The summed E-state index contributed by atoms with van der Waals surface area (Å²) in [4.78, 5) is 12.8. The van der Waals surface area contributed by atoms with Crippen LogP contribution in [-0.4, -0.2) is 32.2 Å². The summed E-state index contributed by atoms with van der Waals surface area (Å²) >= 11 is 0. The summed E-state index contributed by atoms with van der Waals surface area (Å²) in [6.45, 7) is 4.89. The summed E-state index contributed by atoms with van der Waals surface area (Å²) < 4.78 is 9.32. The average Bonchev–Trinajstić information content (AvgIpc) is 3.35. The Bertz CT molecular complexity index is 1160. The molecule has 0 saturated carbocycles. The molecule has 156 valence electrons. The minimum atomic E-state index is -0.180. The Hall–Kier alpha value is -3.35. The van der Waals surface area contributed by atoms with Crippen LogP contribution in [0.5, 0.6) is 5.75 Å². The number of rotatable bonds is 8. The third-order valence-corrected chi connectivity index (χ3v) is 5.25. The van der Waals surface area contributed by atoms with Crippen molar-refractivity contribution in [3.05, 3.63) is 60.7 Å². The second-order valence-corrected chi connectivity index (χ2v) is 7.92. The van der Waals surface area contributed by atoms with Gasteiger partial charge in [-0.1, -0.05) is 19.9 Å². The van der Waals surface area contributed by atoms with Crippen molar-refractivity contribution in [1.82, 2.24) is 24.5 Å². The van der Waals surface area contributed by atoms with Crippen LogP contribution in [0.4, 0.5) is 0 Å². The van der Waals surface area contributed by atoms with Gasteiger partial charge in [-0.25, -0.2) is 0 Å². The van der Waals surface area contributed by atoms with Crippen molar-refractivity contribution in [2.45, 2.75) is 39.3 Å². The normalized spacial score (nSPS) is 12.5. The molecule has 1 amide bonds. The van der Waals surface area contributed by atoms with Gasteiger partial charge in [0.15, 0.2) is 11.5 Å². The number of hydrogen-bond donors (Lipinski definition) is 1. The van der Waals surface area contributed by atoms with E-state index in [1.807, 2.05) is 59.3 Å². The maximum Gasteiger partial charge on any atom is 0.222 e. The number of benzene rings is 1. The van der Waals surface area contributed by atoms with Gasteiger partial charge in [0.05, 0.1) is 13.2 Å². The Labute approximate surface area is 175 Å². The van der Waals surface area contributed by atoms with Gasteiger partial charge in [-0.15, -0.1) is 10.2 Å². The van der Waals surface area contributed by atoms with Gasteiger partial charge in [0.1, 0.15) is 5.75 Å². The monoisotopic (exact) mass is 405 g/mol. The van der Waals surface area contributed by atoms with E-state index in [-0.39, 0.29) is 11.9 Å². The highest BCUT2D eigenvalue weighted by Crippen LogP contribution is 2.23. The molecule has 3 heterocycles. The van der Waals surface area contributed by atoms with E-state index in [0.29, 0.717) is 18.9 Å². The summed E-state index contributed by atoms with van der Waals surface area (Å²) in [6.07, 6.45) is 5.13. The lowest BCUT2D eigenvalue weighted by Crippen LogP contribution is -2.31. The molecule has 0 bridgehead atoms. The van der Waals surface area contributed by atoms with Gasteiger partial charge in [0.25, 0.3) is 0 Å². The van der Waals surface area contributed by atoms with Gasteiger partial charge in [-0.3, -0.25) is 9.20 Å². The first-order chi connectivity index (χ1) is 14.5. The van der Waals surface area contributed by atoms with Crippen LogP contribution in [0.15, 0.2) is 54.9 Å². The molecule has 1 atom stereocenters. The minimum Gasteiger partial charge on any atom is -0.497 e. The van der Waals surface area contributed by atoms with Crippen molar-refractivity contribution >= 4 is 22.5 Å². The number of aryl methyl sites for hydroxylation is 1. The van der Waals surface area contributed by atoms with E-state index < -0.39 is 0 Å². The molecule has 0 spiro atoms. The lowest BCUT2D eigenvalue weighted by atomic mass is 10.0. The number of hydrogen-bond acceptors (Lipinski definition) is 4. The molecular formula is C23H27N5O2. The Balaban J connectivity index is 1.47. The predicted octanol–water partition coefficient (Wildman–Crippen LogP) is 3.99. The molecule has 7 heteroatoms. The summed E-state index contributed by atoms with van der Waals surface area (Å²) in [5.41, 5.74) is 1.87. The fourth-order valence-corrected chi connectivity index (χ4v) is 3.79. The molecule has 0 radical (unpaired) electrons. The molecule has 7 nitrogen and oxygen atoms in total. The van der Waals surface area contributed by atoms with Crippen molar-refractivity contribution in [3.8, 4) is 5.75 Å². The number of nitrogens with one attached hydrogen (secondary N) is 1. The summed E-state index contributed by atoms with van der Waals surface area (Å²) in [6, 6.07) is 13.6. The van der Waals surface area contributed by atoms with Crippen LogP contribution in [-0.2, 0) is 11.3 Å². The molecule has 3 aromatic heterocycles. The first kappa shape index (κ1) is 19.9. The number of nitrogens with zero attached hydrogens (tertiary/aromatic N) is 4. The molecule has 0 aliphatic heterocycles. The zero-order chi connectivity index (χ0) is 21.1. The maximum atomic E-state index is 12.8. The molecule has 4 rings (SSSR count). The quantitative estimate of drug-likeness (QED) is 0.481. The van der Waals surface area contributed by atoms with Crippen molar-refractivity contribution in [2.24, 2.45) is 5.92 Å². The molecule has 0 fully saturated rings. The molecule has 1 aromatic carbocycles. The van der Waals surface area contributed by atoms with Crippen molar-refractivity contribution in [3.63, 3.8) is 0 Å².